The lowest BCUT2D eigenvalue weighted by atomic mass is 9.87. The Balaban J connectivity index is 1.64. The number of fused-ring (bicyclic) bond motifs is 1. The second-order valence-electron chi connectivity index (χ2n) is 8.20. The van der Waals surface area contributed by atoms with Crippen LogP contribution in [0, 0.1) is 0 Å². The van der Waals surface area contributed by atoms with Crippen LogP contribution in [0.2, 0.25) is 0 Å². The van der Waals surface area contributed by atoms with Gasteiger partial charge in [0.15, 0.2) is 0 Å². The number of nitrogens with zero attached hydrogens (tertiary/aromatic N) is 1. The maximum atomic E-state index is 12.7. The van der Waals surface area contributed by atoms with Crippen molar-refractivity contribution >= 4 is 44.5 Å². The molecule has 2 aliphatic rings. The molecule has 2 aromatic rings. The van der Waals surface area contributed by atoms with E-state index >= 15 is 0 Å². The molecule has 0 spiro atoms. The minimum atomic E-state index is -3.65. The molecule has 0 saturated carbocycles. The molecule has 0 fully saturated rings. The summed E-state index contributed by atoms with van der Waals surface area (Å²) in [5.41, 5.74) is 2.69. The summed E-state index contributed by atoms with van der Waals surface area (Å²) >= 11 is 0. The van der Waals surface area contributed by atoms with Crippen molar-refractivity contribution in [2.24, 2.45) is 0 Å². The highest BCUT2D eigenvalue weighted by atomic mass is 32.2. The van der Waals surface area contributed by atoms with Gasteiger partial charge in [-0.1, -0.05) is 42.5 Å². The van der Waals surface area contributed by atoms with E-state index < -0.39 is 21.5 Å². The zero-order valence-electron chi connectivity index (χ0n) is 18.9. The smallest absolute Gasteiger partial charge is 0.256 e. The first-order chi connectivity index (χ1) is 16.2. The lowest BCUT2D eigenvalue weighted by Crippen LogP contribution is -2.39. The largest absolute Gasteiger partial charge is 0.372 e. The Kier molecular flexibility index (Phi) is 6.30. The van der Waals surface area contributed by atoms with E-state index in [1.807, 2.05) is 54.6 Å². The summed E-state index contributed by atoms with van der Waals surface area (Å²) in [6.07, 6.45) is 11.5. The van der Waals surface area contributed by atoms with Crippen molar-refractivity contribution < 1.29 is 18.0 Å². The maximum Gasteiger partial charge on any atom is 0.256 e. The molecule has 9 heteroatoms. The van der Waals surface area contributed by atoms with E-state index in [0.717, 1.165) is 27.5 Å². The number of nitrogens with one attached hydrogen (secondary N) is 3. The van der Waals surface area contributed by atoms with E-state index in [1.165, 1.54) is 7.05 Å². The minimum Gasteiger partial charge on any atom is -0.372 e. The van der Waals surface area contributed by atoms with E-state index in [0.29, 0.717) is 17.7 Å². The molecule has 0 aromatic heterocycles. The first-order valence-electron chi connectivity index (χ1n) is 10.8. The molecule has 3 N–H and O–H groups in total. The lowest BCUT2D eigenvalue weighted by molar-refractivity contribution is -0.119. The molecule has 34 heavy (non-hydrogen) atoms. The van der Waals surface area contributed by atoms with Crippen LogP contribution in [-0.2, 0) is 19.6 Å². The molecule has 2 amide bonds. The predicted molar refractivity (Wildman–Crippen MR) is 135 cm³/mol. The number of para-hydroxylation sites is 1. The quantitative estimate of drug-likeness (QED) is 0.531. The minimum absolute atomic E-state index is 0.154. The van der Waals surface area contributed by atoms with E-state index in [1.54, 1.807) is 24.3 Å². The Labute approximate surface area is 199 Å². The van der Waals surface area contributed by atoms with Crippen molar-refractivity contribution in [1.29, 1.82) is 0 Å². The third kappa shape index (κ3) is 4.89. The van der Waals surface area contributed by atoms with Crippen molar-refractivity contribution in [2.75, 3.05) is 34.8 Å². The van der Waals surface area contributed by atoms with Crippen LogP contribution in [-0.4, -0.2) is 45.6 Å². The Morgan fingerprint density at radius 1 is 1.15 bits per heavy atom. The van der Waals surface area contributed by atoms with E-state index in [9.17, 15) is 18.0 Å². The fraction of sp³-hybridized carbons (Fsp3) is 0.200. The molecule has 176 valence electrons. The first-order valence-corrected chi connectivity index (χ1v) is 12.6. The standard InChI is InChI=1S/C25H26N4O4S/c1-26-23(30)17-29(34(2,32)33)19-12-10-18(11-13-19)28-25(14-6-3-7-15-25)16-21-20-8-4-5-9-22(20)27-24(21)31/h3-14,16,28H,15,17H2,1-2H3,(H,26,30)(H,27,31). The molecular weight excluding hydrogens is 452 g/mol. The van der Waals surface area contributed by atoms with Crippen LogP contribution in [0.1, 0.15) is 12.0 Å². The van der Waals surface area contributed by atoms with Crippen molar-refractivity contribution in [3.63, 3.8) is 0 Å². The first kappa shape index (κ1) is 23.3. The number of hydrogen-bond acceptors (Lipinski definition) is 5. The van der Waals surface area contributed by atoms with E-state index in [4.69, 9.17) is 0 Å². The number of rotatable bonds is 7. The number of carbonyl (C=O) groups excluding carboxylic acids is 2. The van der Waals surface area contributed by atoms with Gasteiger partial charge in [-0.3, -0.25) is 13.9 Å². The summed E-state index contributed by atoms with van der Waals surface area (Å²) < 4.78 is 25.5. The van der Waals surface area contributed by atoms with Crippen molar-refractivity contribution in [1.82, 2.24) is 5.32 Å². The number of benzene rings is 2. The molecular formula is C25H26N4O4S. The highest BCUT2D eigenvalue weighted by Crippen LogP contribution is 2.36. The number of carbonyl (C=O) groups is 2. The van der Waals surface area contributed by atoms with Crippen molar-refractivity contribution in [3.8, 4) is 0 Å². The van der Waals surface area contributed by atoms with Gasteiger partial charge in [0.1, 0.15) is 6.54 Å². The van der Waals surface area contributed by atoms with Gasteiger partial charge in [0.2, 0.25) is 15.9 Å². The molecule has 1 heterocycles. The predicted octanol–water partition coefficient (Wildman–Crippen LogP) is 2.90. The third-order valence-corrected chi connectivity index (χ3v) is 6.85. The Hall–Kier alpha value is -3.85. The summed E-state index contributed by atoms with van der Waals surface area (Å²) in [5, 5.41) is 8.83. The van der Waals surface area contributed by atoms with Crippen LogP contribution in [0.4, 0.5) is 17.1 Å². The zero-order valence-corrected chi connectivity index (χ0v) is 19.7. The Morgan fingerprint density at radius 2 is 1.88 bits per heavy atom. The van der Waals surface area contributed by atoms with Crippen LogP contribution < -0.4 is 20.3 Å². The molecule has 8 nitrogen and oxygen atoms in total. The molecule has 1 aliphatic carbocycles. The van der Waals surface area contributed by atoms with E-state index in [-0.39, 0.29) is 12.5 Å². The lowest BCUT2D eigenvalue weighted by Gasteiger charge is -2.31. The second-order valence-corrected chi connectivity index (χ2v) is 10.1. The number of hydrogen-bond donors (Lipinski definition) is 3. The number of likely N-dealkylation sites (N-methyl/N-ethyl adjacent to an activating group) is 1. The second kappa shape index (κ2) is 9.18. The van der Waals surface area contributed by atoms with Crippen molar-refractivity contribution in [3.05, 3.63) is 84.5 Å². The third-order valence-electron chi connectivity index (χ3n) is 5.71. The summed E-state index contributed by atoms with van der Waals surface area (Å²) in [6.45, 7) is -0.305. The fourth-order valence-electron chi connectivity index (χ4n) is 4.00. The van der Waals surface area contributed by atoms with Crippen LogP contribution in [0.5, 0.6) is 0 Å². The summed E-state index contributed by atoms with van der Waals surface area (Å²) in [7, 11) is -2.19. The average molecular weight is 479 g/mol. The van der Waals surface area contributed by atoms with Crippen LogP contribution in [0.3, 0.4) is 0 Å². The Morgan fingerprint density at radius 3 is 2.53 bits per heavy atom. The number of sulfonamides is 1. The summed E-state index contributed by atoms with van der Waals surface area (Å²) in [6, 6.07) is 14.4. The SMILES string of the molecule is CNC(=O)CN(c1ccc(NC2(C=C3C(=O)Nc4ccccc43)C=CC=CC2)cc1)S(C)(=O)=O. The van der Waals surface area contributed by atoms with Gasteiger partial charge in [-0.25, -0.2) is 8.42 Å². The van der Waals surface area contributed by atoms with Gasteiger partial charge >= 0.3 is 0 Å². The normalized spacial score (nSPS) is 20.1. The summed E-state index contributed by atoms with van der Waals surface area (Å²) in [4.78, 5) is 24.5. The molecule has 1 unspecified atom stereocenters. The van der Waals surface area contributed by atoms with Crippen LogP contribution in [0.15, 0.2) is 78.9 Å². The van der Waals surface area contributed by atoms with E-state index in [2.05, 4.69) is 16.0 Å². The van der Waals surface area contributed by atoms with Gasteiger partial charge in [0.05, 0.1) is 17.5 Å². The van der Waals surface area contributed by atoms with Crippen LogP contribution >= 0.6 is 0 Å². The highest BCUT2D eigenvalue weighted by molar-refractivity contribution is 7.92. The molecule has 4 rings (SSSR count). The molecule has 0 radical (unpaired) electrons. The number of anilines is 3. The van der Waals surface area contributed by atoms with Gasteiger partial charge in [0.25, 0.3) is 5.91 Å². The van der Waals surface area contributed by atoms with Gasteiger partial charge < -0.3 is 16.0 Å². The van der Waals surface area contributed by atoms with Gasteiger partial charge in [-0.2, -0.15) is 0 Å². The van der Waals surface area contributed by atoms with Gasteiger partial charge in [-0.15, -0.1) is 0 Å². The molecule has 2 aromatic carbocycles. The Bertz CT molecular complexity index is 1310. The monoisotopic (exact) mass is 478 g/mol. The maximum absolute atomic E-state index is 12.7. The molecule has 1 aliphatic heterocycles. The van der Waals surface area contributed by atoms with Crippen molar-refractivity contribution in [2.45, 2.75) is 12.0 Å². The number of amides is 2. The highest BCUT2D eigenvalue weighted by Gasteiger charge is 2.31. The zero-order chi connectivity index (χ0) is 24.3. The van der Waals surface area contributed by atoms with Gasteiger partial charge in [-0.05, 0) is 42.8 Å². The van der Waals surface area contributed by atoms with Gasteiger partial charge in [0, 0.05) is 29.6 Å². The molecule has 0 bridgehead atoms. The molecule has 1 atom stereocenters. The fourth-order valence-corrected chi connectivity index (χ4v) is 4.86. The van der Waals surface area contributed by atoms with Crippen LogP contribution in [0.25, 0.3) is 5.57 Å². The number of allylic oxidation sites excluding steroid dienone is 2. The molecule has 0 saturated heterocycles. The average Bonchev–Trinajstić information content (AvgIpc) is 3.12. The summed E-state index contributed by atoms with van der Waals surface area (Å²) in [5.74, 6) is -0.564. The topological polar surface area (TPSA) is 108 Å².